The summed E-state index contributed by atoms with van der Waals surface area (Å²) in [5.41, 5.74) is 4.00. The highest BCUT2D eigenvalue weighted by Crippen LogP contribution is 2.23. The fourth-order valence-corrected chi connectivity index (χ4v) is 3.20. The predicted molar refractivity (Wildman–Crippen MR) is 110 cm³/mol. The lowest BCUT2D eigenvalue weighted by atomic mass is 9.99. The zero-order chi connectivity index (χ0) is 19.4. The van der Waals surface area contributed by atoms with E-state index in [0.29, 0.717) is 24.6 Å². The molecule has 1 amide bonds. The van der Waals surface area contributed by atoms with E-state index in [1.807, 2.05) is 37.3 Å². The van der Waals surface area contributed by atoms with Gasteiger partial charge in [-0.3, -0.25) is 9.78 Å². The van der Waals surface area contributed by atoms with Crippen LogP contribution in [0, 0.1) is 13.8 Å². The van der Waals surface area contributed by atoms with Gasteiger partial charge >= 0.3 is 0 Å². The maximum Gasteiger partial charge on any atom is 0.226 e. The Kier molecular flexibility index (Phi) is 5.97. The third kappa shape index (κ3) is 4.58. The first-order valence-electron chi connectivity index (χ1n) is 8.93. The Morgan fingerprint density at radius 1 is 1.11 bits per heavy atom. The van der Waals surface area contributed by atoms with Crippen molar-refractivity contribution in [1.82, 2.24) is 9.88 Å². The minimum absolute atomic E-state index is 0.0537. The van der Waals surface area contributed by atoms with E-state index in [1.54, 1.807) is 24.1 Å². The number of amides is 1. The molecule has 3 rings (SSSR count). The summed E-state index contributed by atoms with van der Waals surface area (Å²) in [6.45, 7) is 4.97. The molecule has 0 saturated carbocycles. The third-order valence-electron chi connectivity index (χ3n) is 4.75. The Bertz CT molecular complexity index is 954. The Balaban J connectivity index is 1.62. The number of hydrogen-bond donors (Lipinski definition) is 0. The smallest absolute Gasteiger partial charge is 0.226 e. The molecule has 1 aromatic heterocycles. The summed E-state index contributed by atoms with van der Waals surface area (Å²) in [6.07, 6.45) is 0.340. The van der Waals surface area contributed by atoms with Crippen LogP contribution in [-0.2, 0) is 11.2 Å². The molecule has 0 saturated heterocycles. The third-order valence-corrected chi connectivity index (χ3v) is 5.00. The molecular formula is C22H23ClN2O2. The van der Waals surface area contributed by atoms with Crippen molar-refractivity contribution >= 4 is 28.4 Å². The molecule has 140 valence electrons. The Morgan fingerprint density at radius 3 is 2.56 bits per heavy atom. The van der Waals surface area contributed by atoms with Crippen LogP contribution >= 0.6 is 11.6 Å². The molecule has 0 atom stereocenters. The van der Waals surface area contributed by atoms with E-state index in [1.165, 1.54) is 0 Å². The van der Waals surface area contributed by atoms with E-state index in [0.717, 1.165) is 33.5 Å². The zero-order valence-corrected chi connectivity index (χ0v) is 16.6. The number of carbonyl (C=O) groups excluding carboxylic acids is 1. The second-order valence-corrected chi connectivity index (χ2v) is 7.05. The molecule has 0 aliphatic rings. The van der Waals surface area contributed by atoms with Crippen molar-refractivity contribution in [3.63, 3.8) is 0 Å². The molecule has 5 heteroatoms. The number of carbonyl (C=O) groups is 1. The number of likely N-dealkylation sites (N-methyl/N-ethyl adjacent to an activating group) is 1. The molecule has 0 fully saturated rings. The molecule has 0 aliphatic carbocycles. The van der Waals surface area contributed by atoms with Crippen molar-refractivity contribution in [2.24, 2.45) is 0 Å². The van der Waals surface area contributed by atoms with E-state index < -0.39 is 0 Å². The van der Waals surface area contributed by atoms with Crippen molar-refractivity contribution < 1.29 is 9.53 Å². The fourth-order valence-electron chi connectivity index (χ4n) is 3.07. The van der Waals surface area contributed by atoms with Crippen molar-refractivity contribution in [2.45, 2.75) is 20.3 Å². The molecule has 0 N–H and O–H groups in total. The number of hydrogen-bond acceptors (Lipinski definition) is 3. The molecular weight excluding hydrogens is 360 g/mol. The fraction of sp³-hybridized carbons (Fsp3) is 0.273. The second kappa shape index (κ2) is 8.40. The molecule has 0 radical (unpaired) electrons. The monoisotopic (exact) mass is 382 g/mol. The van der Waals surface area contributed by atoms with Crippen LogP contribution in [0.5, 0.6) is 5.75 Å². The van der Waals surface area contributed by atoms with Crippen molar-refractivity contribution in [1.29, 1.82) is 0 Å². The standard InChI is InChI=1S/C22H23ClN2O2/c1-15-19-6-4-5-7-21(19)24-16(2)20(15)14-22(26)25(3)12-13-27-18-10-8-17(23)9-11-18/h4-11H,12-14H2,1-3H3. The number of aromatic nitrogens is 1. The number of rotatable bonds is 6. The number of aryl methyl sites for hydroxylation is 2. The molecule has 2 aromatic carbocycles. The quantitative estimate of drug-likeness (QED) is 0.626. The van der Waals surface area contributed by atoms with Crippen LogP contribution in [0.2, 0.25) is 5.02 Å². The van der Waals surface area contributed by atoms with Crippen LogP contribution in [0.4, 0.5) is 0 Å². The van der Waals surface area contributed by atoms with Gasteiger partial charge < -0.3 is 9.64 Å². The van der Waals surface area contributed by atoms with E-state index in [9.17, 15) is 4.79 Å². The average Bonchev–Trinajstić information content (AvgIpc) is 2.66. The van der Waals surface area contributed by atoms with Gasteiger partial charge in [0.15, 0.2) is 0 Å². The van der Waals surface area contributed by atoms with Crippen LogP contribution in [-0.4, -0.2) is 36.0 Å². The summed E-state index contributed by atoms with van der Waals surface area (Å²) in [5, 5.41) is 1.77. The van der Waals surface area contributed by atoms with Gasteiger partial charge in [0.25, 0.3) is 0 Å². The maximum atomic E-state index is 12.7. The normalized spacial score (nSPS) is 10.8. The number of para-hydroxylation sites is 1. The van der Waals surface area contributed by atoms with E-state index >= 15 is 0 Å². The predicted octanol–water partition coefficient (Wildman–Crippen LogP) is 4.58. The molecule has 3 aromatic rings. The highest BCUT2D eigenvalue weighted by molar-refractivity contribution is 6.30. The Morgan fingerprint density at radius 2 is 1.81 bits per heavy atom. The number of pyridine rings is 1. The van der Waals surface area contributed by atoms with Gasteiger partial charge in [-0.25, -0.2) is 0 Å². The lowest BCUT2D eigenvalue weighted by Crippen LogP contribution is -2.32. The number of nitrogens with zero attached hydrogens (tertiary/aromatic N) is 2. The lowest BCUT2D eigenvalue weighted by molar-refractivity contribution is -0.129. The first-order chi connectivity index (χ1) is 13.0. The van der Waals surface area contributed by atoms with Crippen LogP contribution in [0.25, 0.3) is 10.9 Å². The van der Waals surface area contributed by atoms with Gasteiger partial charge in [0.05, 0.1) is 18.5 Å². The van der Waals surface area contributed by atoms with Gasteiger partial charge in [-0.2, -0.15) is 0 Å². The van der Waals surface area contributed by atoms with Crippen LogP contribution < -0.4 is 4.74 Å². The molecule has 0 unspecified atom stereocenters. The number of fused-ring (bicyclic) bond motifs is 1. The zero-order valence-electron chi connectivity index (χ0n) is 15.8. The first kappa shape index (κ1) is 19.2. The Labute approximate surface area is 164 Å². The van der Waals surface area contributed by atoms with Crippen LogP contribution in [0.1, 0.15) is 16.8 Å². The second-order valence-electron chi connectivity index (χ2n) is 6.61. The first-order valence-corrected chi connectivity index (χ1v) is 9.30. The van der Waals surface area contributed by atoms with Crippen LogP contribution in [0.15, 0.2) is 48.5 Å². The van der Waals surface area contributed by atoms with E-state index in [4.69, 9.17) is 16.3 Å². The van der Waals surface area contributed by atoms with Gasteiger partial charge in [-0.1, -0.05) is 29.8 Å². The molecule has 0 aliphatic heterocycles. The summed E-state index contributed by atoms with van der Waals surface area (Å²) in [6, 6.07) is 15.2. The van der Waals surface area contributed by atoms with Crippen molar-refractivity contribution in [2.75, 3.05) is 20.2 Å². The highest BCUT2D eigenvalue weighted by atomic mass is 35.5. The van der Waals surface area contributed by atoms with Gasteiger partial charge in [-0.05, 0) is 55.3 Å². The van der Waals surface area contributed by atoms with Gasteiger partial charge in [0.1, 0.15) is 12.4 Å². The molecule has 0 bridgehead atoms. The summed E-state index contributed by atoms with van der Waals surface area (Å²) in [7, 11) is 1.80. The minimum Gasteiger partial charge on any atom is -0.492 e. The van der Waals surface area contributed by atoms with E-state index in [-0.39, 0.29) is 5.91 Å². The maximum absolute atomic E-state index is 12.7. The van der Waals surface area contributed by atoms with Crippen molar-refractivity contribution in [3.8, 4) is 5.75 Å². The van der Waals surface area contributed by atoms with Gasteiger partial charge in [0, 0.05) is 23.2 Å². The largest absolute Gasteiger partial charge is 0.492 e. The lowest BCUT2D eigenvalue weighted by Gasteiger charge is -2.19. The minimum atomic E-state index is 0.0537. The van der Waals surface area contributed by atoms with Crippen LogP contribution in [0.3, 0.4) is 0 Å². The number of halogens is 1. The number of ether oxygens (including phenoxy) is 1. The topological polar surface area (TPSA) is 42.4 Å². The highest BCUT2D eigenvalue weighted by Gasteiger charge is 2.15. The average molecular weight is 383 g/mol. The summed E-state index contributed by atoms with van der Waals surface area (Å²) in [4.78, 5) is 19.0. The molecule has 0 spiro atoms. The summed E-state index contributed by atoms with van der Waals surface area (Å²) in [5.74, 6) is 0.795. The summed E-state index contributed by atoms with van der Waals surface area (Å²) < 4.78 is 5.67. The summed E-state index contributed by atoms with van der Waals surface area (Å²) >= 11 is 5.86. The van der Waals surface area contributed by atoms with E-state index in [2.05, 4.69) is 18.0 Å². The van der Waals surface area contributed by atoms with Crippen molar-refractivity contribution in [3.05, 3.63) is 70.4 Å². The molecule has 27 heavy (non-hydrogen) atoms. The van der Waals surface area contributed by atoms with Gasteiger partial charge in [-0.15, -0.1) is 0 Å². The Hall–Kier alpha value is -2.59. The molecule has 1 heterocycles. The van der Waals surface area contributed by atoms with Gasteiger partial charge in [0.2, 0.25) is 5.91 Å². The SMILES string of the molecule is Cc1nc2ccccc2c(C)c1CC(=O)N(C)CCOc1ccc(Cl)cc1. The molecule has 4 nitrogen and oxygen atoms in total. The number of benzene rings is 2.